The molecule has 9 heteroatoms. The van der Waals surface area contributed by atoms with Gasteiger partial charge in [-0.3, -0.25) is 14.5 Å². The first-order chi connectivity index (χ1) is 15.4. The maximum atomic E-state index is 12.8. The Morgan fingerprint density at radius 3 is 2.69 bits per heavy atom. The van der Waals surface area contributed by atoms with Crippen LogP contribution in [0.1, 0.15) is 21.7 Å². The molecular formula is C23H16ClNO6S. The summed E-state index contributed by atoms with van der Waals surface area (Å²) in [6.45, 7) is 0.132. The summed E-state index contributed by atoms with van der Waals surface area (Å²) >= 11 is 6.84. The lowest BCUT2D eigenvalue weighted by Gasteiger charge is -2.12. The maximum Gasteiger partial charge on any atom is 0.379 e. The van der Waals surface area contributed by atoms with Gasteiger partial charge in [-0.25, -0.2) is 4.79 Å². The second kappa shape index (κ2) is 9.33. The molecule has 7 nitrogen and oxygen atoms in total. The molecule has 1 aliphatic rings. The van der Waals surface area contributed by atoms with E-state index in [1.807, 2.05) is 0 Å². The first-order valence-corrected chi connectivity index (χ1v) is 10.6. The molecule has 1 aromatic heterocycles. The molecule has 1 fully saturated rings. The van der Waals surface area contributed by atoms with Crippen molar-refractivity contribution >= 4 is 46.6 Å². The van der Waals surface area contributed by atoms with Crippen molar-refractivity contribution in [3.05, 3.63) is 87.7 Å². The minimum atomic E-state index is -0.664. The number of halogens is 1. The van der Waals surface area contributed by atoms with Crippen LogP contribution in [0.4, 0.5) is 4.79 Å². The number of carbonyl (C=O) groups excluding carboxylic acids is 3. The van der Waals surface area contributed by atoms with Crippen molar-refractivity contribution < 1.29 is 28.3 Å². The highest BCUT2D eigenvalue weighted by molar-refractivity contribution is 8.18. The van der Waals surface area contributed by atoms with Crippen molar-refractivity contribution in [3.63, 3.8) is 0 Å². The lowest BCUT2D eigenvalue weighted by molar-refractivity contribution is -0.123. The Morgan fingerprint density at radius 1 is 1.12 bits per heavy atom. The van der Waals surface area contributed by atoms with E-state index in [2.05, 4.69) is 0 Å². The van der Waals surface area contributed by atoms with Crippen LogP contribution in [0.5, 0.6) is 11.5 Å². The van der Waals surface area contributed by atoms with E-state index in [9.17, 15) is 14.4 Å². The third-order valence-electron chi connectivity index (χ3n) is 4.51. The fourth-order valence-corrected chi connectivity index (χ4v) is 4.06. The SMILES string of the molecule is COc1cc(/C=C2\SC(=O)N(Cc3cccc(Cl)c3)C2=O)ccc1OC(=O)c1ccco1. The van der Waals surface area contributed by atoms with Crippen LogP contribution in [-0.2, 0) is 11.3 Å². The number of imide groups is 1. The molecule has 4 rings (SSSR count). The van der Waals surface area contributed by atoms with Crippen molar-refractivity contribution in [1.82, 2.24) is 4.90 Å². The third-order valence-corrected chi connectivity index (χ3v) is 5.66. The fraction of sp³-hybridized carbons (Fsp3) is 0.0870. The monoisotopic (exact) mass is 469 g/mol. The molecule has 162 valence electrons. The number of ether oxygens (including phenoxy) is 2. The molecule has 0 saturated carbocycles. The van der Waals surface area contributed by atoms with Gasteiger partial charge in [0.05, 0.1) is 24.8 Å². The van der Waals surface area contributed by atoms with E-state index in [-0.39, 0.29) is 33.9 Å². The molecule has 2 heterocycles. The van der Waals surface area contributed by atoms with Gasteiger partial charge in [-0.1, -0.05) is 29.8 Å². The second-order valence-electron chi connectivity index (χ2n) is 6.67. The number of rotatable bonds is 6. The Morgan fingerprint density at radius 2 is 1.97 bits per heavy atom. The Balaban J connectivity index is 1.52. The zero-order chi connectivity index (χ0) is 22.7. The van der Waals surface area contributed by atoms with Crippen LogP contribution in [0, 0.1) is 0 Å². The Kier molecular flexibility index (Phi) is 6.34. The molecule has 0 bridgehead atoms. The van der Waals surface area contributed by atoms with Crippen LogP contribution in [-0.4, -0.2) is 29.1 Å². The van der Waals surface area contributed by atoms with Crippen LogP contribution in [0.2, 0.25) is 5.02 Å². The van der Waals surface area contributed by atoms with Crippen LogP contribution in [0.25, 0.3) is 6.08 Å². The summed E-state index contributed by atoms with van der Waals surface area (Å²) in [4.78, 5) is 38.7. The van der Waals surface area contributed by atoms with Crippen molar-refractivity contribution in [2.45, 2.75) is 6.54 Å². The van der Waals surface area contributed by atoms with E-state index >= 15 is 0 Å². The molecule has 2 amide bonds. The van der Waals surface area contributed by atoms with Crippen LogP contribution in [0.15, 0.2) is 70.2 Å². The minimum Gasteiger partial charge on any atom is -0.493 e. The smallest absolute Gasteiger partial charge is 0.379 e. The second-order valence-corrected chi connectivity index (χ2v) is 8.10. The summed E-state index contributed by atoms with van der Waals surface area (Å²) in [6.07, 6.45) is 2.96. The standard InChI is InChI=1S/C23H16ClNO6S/c1-29-19-11-14(7-8-17(19)31-22(27)18-6-3-9-30-18)12-20-21(26)25(23(28)32-20)13-15-4-2-5-16(24)10-15/h2-12H,13H2,1H3/b20-12-. The van der Waals surface area contributed by atoms with Crippen molar-refractivity contribution in [2.75, 3.05) is 7.11 Å². The molecule has 0 aliphatic carbocycles. The predicted molar refractivity (Wildman–Crippen MR) is 120 cm³/mol. The van der Waals surface area contributed by atoms with Gasteiger partial charge in [0.1, 0.15) is 0 Å². The molecule has 0 unspecified atom stereocenters. The number of amides is 2. The number of methoxy groups -OCH3 is 1. The number of thioether (sulfide) groups is 1. The molecular weight excluding hydrogens is 454 g/mol. The number of hydrogen-bond acceptors (Lipinski definition) is 7. The van der Waals surface area contributed by atoms with E-state index in [1.54, 1.807) is 54.6 Å². The van der Waals surface area contributed by atoms with Gasteiger partial charge < -0.3 is 13.9 Å². The van der Waals surface area contributed by atoms with Crippen LogP contribution in [0.3, 0.4) is 0 Å². The van der Waals surface area contributed by atoms with E-state index in [4.69, 9.17) is 25.5 Å². The normalized spacial score (nSPS) is 14.8. The van der Waals surface area contributed by atoms with Gasteiger partial charge in [-0.15, -0.1) is 0 Å². The summed E-state index contributed by atoms with van der Waals surface area (Å²) in [5.41, 5.74) is 1.36. The lowest BCUT2D eigenvalue weighted by Crippen LogP contribution is -2.27. The van der Waals surface area contributed by atoms with E-state index in [0.717, 1.165) is 17.3 Å². The fourth-order valence-electron chi connectivity index (χ4n) is 3.01. The van der Waals surface area contributed by atoms with E-state index in [1.165, 1.54) is 24.3 Å². The number of hydrogen-bond donors (Lipinski definition) is 0. The van der Waals surface area contributed by atoms with E-state index in [0.29, 0.717) is 10.6 Å². The molecule has 0 N–H and O–H groups in total. The molecule has 1 aliphatic heterocycles. The van der Waals surface area contributed by atoms with Gasteiger partial charge >= 0.3 is 5.97 Å². The summed E-state index contributed by atoms with van der Waals surface area (Å²) in [5, 5.41) is 0.169. The highest BCUT2D eigenvalue weighted by atomic mass is 35.5. The Labute approximate surface area is 192 Å². The van der Waals surface area contributed by atoms with Crippen molar-refractivity contribution in [1.29, 1.82) is 0 Å². The molecule has 3 aromatic rings. The van der Waals surface area contributed by atoms with Crippen molar-refractivity contribution in [3.8, 4) is 11.5 Å². The average molecular weight is 470 g/mol. The molecule has 0 atom stereocenters. The zero-order valence-corrected chi connectivity index (χ0v) is 18.3. The van der Waals surface area contributed by atoms with Crippen LogP contribution >= 0.6 is 23.4 Å². The molecule has 2 aromatic carbocycles. The van der Waals surface area contributed by atoms with Gasteiger partial charge in [-0.2, -0.15) is 0 Å². The molecule has 0 spiro atoms. The van der Waals surface area contributed by atoms with Gasteiger partial charge in [0.15, 0.2) is 11.5 Å². The topological polar surface area (TPSA) is 86.0 Å². The highest BCUT2D eigenvalue weighted by Gasteiger charge is 2.35. The van der Waals surface area contributed by atoms with Gasteiger partial charge in [0.2, 0.25) is 5.76 Å². The zero-order valence-electron chi connectivity index (χ0n) is 16.7. The molecule has 32 heavy (non-hydrogen) atoms. The largest absolute Gasteiger partial charge is 0.493 e. The minimum absolute atomic E-state index is 0.0597. The van der Waals surface area contributed by atoms with Crippen LogP contribution < -0.4 is 9.47 Å². The summed E-state index contributed by atoms with van der Waals surface area (Å²) in [5.74, 6) is -0.517. The third kappa shape index (κ3) is 4.71. The summed E-state index contributed by atoms with van der Waals surface area (Å²) in [7, 11) is 1.43. The van der Waals surface area contributed by atoms with Gasteiger partial charge in [0, 0.05) is 5.02 Å². The number of furan rings is 1. The number of nitrogens with zero attached hydrogens (tertiary/aromatic N) is 1. The van der Waals surface area contributed by atoms with Gasteiger partial charge in [0.25, 0.3) is 11.1 Å². The lowest BCUT2D eigenvalue weighted by atomic mass is 10.1. The van der Waals surface area contributed by atoms with Crippen molar-refractivity contribution in [2.24, 2.45) is 0 Å². The summed E-state index contributed by atoms with van der Waals surface area (Å²) in [6, 6.07) is 14.9. The first-order valence-electron chi connectivity index (χ1n) is 9.38. The predicted octanol–water partition coefficient (Wildman–Crippen LogP) is 5.40. The average Bonchev–Trinajstić information content (AvgIpc) is 3.40. The Bertz CT molecular complexity index is 1220. The highest BCUT2D eigenvalue weighted by Crippen LogP contribution is 2.35. The van der Waals surface area contributed by atoms with Gasteiger partial charge in [-0.05, 0) is 65.4 Å². The maximum absolute atomic E-state index is 12.8. The number of esters is 1. The van der Waals surface area contributed by atoms with E-state index < -0.39 is 11.9 Å². The molecule has 0 radical (unpaired) electrons. The quantitative estimate of drug-likeness (QED) is 0.271. The molecule has 1 saturated heterocycles. The summed E-state index contributed by atoms with van der Waals surface area (Å²) < 4.78 is 15.6. The Hall–Kier alpha value is -3.49. The number of carbonyl (C=O) groups is 3. The first kappa shape index (κ1) is 21.7. The number of benzene rings is 2.